The molecule has 5 nitrogen and oxygen atoms in total. The monoisotopic (exact) mass is 335 g/mol. The minimum absolute atomic E-state index is 0.132. The Bertz CT molecular complexity index is 614. The molecule has 0 heterocycles. The summed E-state index contributed by atoms with van der Waals surface area (Å²) < 4.78 is 27.7. The highest BCUT2D eigenvalue weighted by molar-refractivity contribution is 7.87. The maximum absolute atomic E-state index is 12.0. The van der Waals surface area contributed by atoms with E-state index >= 15 is 0 Å². The molecule has 1 atom stereocenters. The molecule has 110 valence electrons. The van der Waals surface area contributed by atoms with Gasteiger partial charge in [-0.25, -0.2) is 0 Å². The van der Waals surface area contributed by atoms with Gasteiger partial charge in [0.15, 0.2) is 0 Å². The smallest absolute Gasteiger partial charge is 0.198 e. The largest absolute Gasteiger partial charge is 0.279 e. The molecule has 20 heavy (non-hydrogen) atoms. The lowest BCUT2D eigenvalue weighted by Crippen LogP contribution is -2.39. The lowest BCUT2D eigenvalue weighted by molar-refractivity contribution is 0.456. The van der Waals surface area contributed by atoms with Crippen LogP contribution >= 0.6 is 23.2 Å². The fourth-order valence-corrected chi connectivity index (χ4v) is 3.21. The number of nitriles is 1. The highest BCUT2D eigenvalue weighted by Crippen LogP contribution is 2.26. The summed E-state index contributed by atoms with van der Waals surface area (Å²) in [5.41, 5.74) is 0.633. The molecule has 0 bridgehead atoms. The molecule has 0 spiro atoms. The van der Waals surface area contributed by atoms with Crippen LogP contribution in [-0.4, -0.2) is 26.3 Å². The molecule has 1 N–H and O–H groups in total. The number of nitrogens with one attached hydrogen (secondary N) is 1. The van der Waals surface area contributed by atoms with Crippen molar-refractivity contribution in [1.29, 1.82) is 5.26 Å². The predicted molar refractivity (Wildman–Crippen MR) is 79.8 cm³/mol. The van der Waals surface area contributed by atoms with Gasteiger partial charge >= 0.3 is 0 Å². The molecule has 1 aromatic rings. The van der Waals surface area contributed by atoms with Crippen molar-refractivity contribution in [3.8, 4) is 6.07 Å². The number of nitrogens with zero attached hydrogens (tertiary/aromatic N) is 2. The topological polar surface area (TPSA) is 73.2 Å². The summed E-state index contributed by atoms with van der Waals surface area (Å²) in [6.45, 7) is 1.82. The number of hydrogen-bond donors (Lipinski definition) is 1. The van der Waals surface area contributed by atoms with Crippen LogP contribution in [0.4, 0.5) is 0 Å². The normalized spacial score (nSPS) is 13.2. The van der Waals surface area contributed by atoms with E-state index in [1.165, 1.54) is 7.05 Å². The Morgan fingerprint density at radius 2 is 2.10 bits per heavy atom. The Morgan fingerprint density at radius 1 is 1.45 bits per heavy atom. The fraction of sp³-hybridized carbons (Fsp3) is 0.417. The van der Waals surface area contributed by atoms with Crippen LogP contribution in [0.5, 0.6) is 0 Å². The second-order valence-corrected chi connectivity index (χ2v) is 6.89. The summed E-state index contributed by atoms with van der Waals surface area (Å²) in [5, 5.41) is 9.36. The van der Waals surface area contributed by atoms with Crippen LogP contribution in [0, 0.1) is 11.3 Å². The van der Waals surface area contributed by atoms with Gasteiger partial charge in [0.2, 0.25) is 0 Å². The maximum atomic E-state index is 12.0. The molecule has 8 heteroatoms. The van der Waals surface area contributed by atoms with Crippen molar-refractivity contribution in [2.45, 2.75) is 19.4 Å². The third-order valence-corrected chi connectivity index (χ3v) is 4.92. The highest BCUT2D eigenvalue weighted by Gasteiger charge is 2.21. The third kappa shape index (κ3) is 4.62. The van der Waals surface area contributed by atoms with Gasteiger partial charge in [-0.15, -0.1) is 0 Å². The Hall–Kier alpha value is -0.840. The summed E-state index contributed by atoms with van der Waals surface area (Å²) >= 11 is 11.8. The van der Waals surface area contributed by atoms with Crippen LogP contribution < -0.4 is 4.72 Å². The SMILES string of the molecule is CC(NS(=O)(=O)N(C)CCC#N)c1ccc(Cl)cc1Cl. The average molecular weight is 336 g/mol. The molecule has 0 saturated heterocycles. The van der Waals surface area contributed by atoms with Crippen molar-refractivity contribution in [2.75, 3.05) is 13.6 Å². The van der Waals surface area contributed by atoms with Crippen LogP contribution in [-0.2, 0) is 10.2 Å². The van der Waals surface area contributed by atoms with Gasteiger partial charge in [0.05, 0.1) is 6.07 Å². The molecule has 0 amide bonds. The molecular weight excluding hydrogens is 321 g/mol. The quantitative estimate of drug-likeness (QED) is 0.868. The van der Waals surface area contributed by atoms with Crippen molar-refractivity contribution < 1.29 is 8.42 Å². The first kappa shape index (κ1) is 17.2. The van der Waals surface area contributed by atoms with Crippen molar-refractivity contribution in [3.63, 3.8) is 0 Å². The van der Waals surface area contributed by atoms with Crippen LogP contribution in [0.25, 0.3) is 0 Å². The van der Waals surface area contributed by atoms with Gasteiger partial charge in [-0.2, -0.15) is 22.7 Å². The van der Waals surface area contributed by atoms with E-state index in [0.29, 0.717) is 15.6 Å². The maximum Gasteiger partial charge on any atom is 0.279 e. The van der Waals surface area contributed by atoms with E-state index in [4.69, 9.17) is 28.5 Å². The zero-order valence-electron chi connectivity index (χ0n) is 11.1. The van der Waals surface area contributed by atoms with Crippen molar-refractivity contribution in [1.82, 2.24) is 9.03 Å². The van der Waals surface area contributed by atoms with Crippen LogP contribution in [0.15, 0.2) is 18.2 Å². The average Bonchev–Trinajstić information content (AvgIpc) is 2.34. The van der Waals surface area contributed by atoms with E-state index in [9.17, 15) is 8.42 Å². The molecule has 0 fully saturated rings. The number of hydrogen-bond acceptors (Lipinski definition) is 3. The van der Waals surface area contributed by atoms with Gasteiger partial charge < -0.3 is 0 Å². The van der Waals surface area contributed by atoms with Gasteiger partial charge in [-0.3, -0.25) is 0 Å². The number of rotatable bonds is 6. The molecule has 1 rings (SSSR count). The Kier molecular flexibility index (Phi) is 6.24. The summed E-state index contributed by atoms with van der Waals surface area (Å²) in [7, 11) is -2.25. The minimum atomic E-state index is -3.67. The Balaban J connectivity index is 2.84. The summed E-state index contributed by atoms with van der Waals surface area (Å²) in [5.74, 6) is 0. The Labute approximate surface area is 129 Å². The first-order valence-corrected chi connectivity index (χ1v) is 8.03. The van der Waals surface area contributed by atoms with Crippen LogP contribution in [0.2, 0.25) is 10.0 Å². The van der Waals surface area contributed by atoms with Crippen molar-refractivity contribution in [2.24, 2.45) is 0 Å². The lowest BCUT2D eigenvalue weighted by Gasteiger charge is -2.21. The standard InChI is InChI=1S/C12H15Cl2N3O2S/c1-9(11-5-4-10(13)8-12(11)14)16-20(18,19)17(2)7-3-6-15/h4-5,8-9,16H,3,7H2,1-2H3. The minimum Gasteiger partial charge on any atom is -0.198 e. The van der Waals surface area contributed by atoms with Gasteiger partial charge in [-0.1, -0.05) is 29.3 Å². The van der Waals surface area contributed by atoms with E-state index in [1.807, 2.05) is 6.07 Å². The van der Waals surface area contributed by atoms with Gasteiger partial charge in [0.25, 0.3) is 10.2 Å². The number of benzene rings is 1. The molecule has 0 aromatic heterocycles. The molecule has 1 aromatic carbocycles. The van der Waals surface area contributed by atoms with E-state index < -0.39 is 16.3 Å². The zero-order chi connectivity index (χ0) is 15.3. The summed E-state index contributed by atoms with van der Waals surface area (Å²) in [6.07, 6.45) is 0.132. The van der Waals surface area contributed by atoms with Gasteiger partial charge in [0.1, 0.15) is 0 Å². The molecule has 1 unspecified atom stereocenters. The second kappa shape index (κ2) is 7.25. The van der Waals surface area contributed by atoms with Crippen molar-refractivity contribution in [3.05, 3.63) is 33.8 Å². The van der Waals surface area contributed by atoms with Crippen molar-refractivity contribution >= 4 is 33.4 Å². The van der Waals surface area contributed by atoms with Gasteiger partial charge in [0, 0.05) is 36.1 Å². The summed E-state index contributed by atoms with van der Waals surface area (Å²) in [4.78, 5) is 0. The van der Waals surface area contributed by atoms with E-state index in [0.717, 1.165) is 4.31 Å². The van der Waals surface area contributed by atoms with Crippen LogP contribution in [0.3, 0.4) is 0 Å². The van der Waals surface area contributed by atoms with E-state index in [1.54, 1.807) is 25.1 Å². The molecule has 0 saturated carbocycles. The first-order chi connectivity index (χ1) is 9.27. The highest BCUT2D eigenvalue weighted by atomic mass is 35.5. The lowest BCUT2D eigenvalue weighted by atomic mass is 10.1. The number of halogens is 2. The second-order valence-electron chi connectivity index (χ2n) is 4.24. The van der Waals surface area contributed by atoms with E-state index in [-0.39, 0.29) is 13.0 Å². The molecule has 0 radical (unpaired) electrons. The van der Waals surface area contributed by atoms with Gasteiger partial charge in [-0.05, 0) is 24.6 Å². The zero-order valence-corrected chi connectivity index (χ0v) is 13.4. The molecule has 0 aliphatic rings. The first-order valence-electron chi connectivity index (χ1n) is 5.83. The molecule has 0 aliphatic heterocycles. The van der Waals surface area contributed by atoms with Crippen LogP contribution in [0.1, 0.15) is 24.9 Å². The fourth-order valence-electron chi connectivity index (χ4n) is 1.56. The summed E-state index contributed by atoms with van der Waals surface area (Å²) in [6, 6.07) is 6.27. The molecule has 0 aliphatic carbocycles. The molecular formula is C12H15Cl2N3O2S. The third-order valence-electron chi connectivity index (χ3n) is 2.70. The Morgan fingerprint density at radius 3 is 2.65 bits per heavy atom. The predicted octanol–water partition coefficient (Wildman–Crippen LogP) is 2.73. The van der Waals surface area contributed by atoms with E-state index in [2.05, 4.69) is 4.72 Å².